The summed E-state index contributed by atoms with van der Waals surface area (Å²) in [5, 5.41) is 5.65. The first kappa shape index (κ1) is 24.8. The Morgan fingerprint density at radius 1 is 0.949 bits per heavy atom. The first-order valence-corrected chi connectivity index (χ1v) is 13.1. The Hall–Kier alpha value is -4.53. The first-order chi connectivity index (χ1) is 19.0. The van der Waals surface area contributed by atoms with Gasteiger partial charge in [-0.05, 0) is 62.2 Å². The number of anilines is 1. The molecular weight excluding hydrogens is 495 g/mol. The second-order valence-electron chi connectivity index (χ2n) is 9.91. The molecule has 0 N–H and O–H groups in total. The van der Waals surface area contributed by atoms with E-state index in [-0.39, 0.29) is 11.7 Å². The van der Waals surface area contributed by atoms with Gasteiger partial charge in [0.05, 0.1) is 23.0 Å². The number of benzene rings is 2. The van der Waals surface area contributed by atoms with Gasteiger partial charge in [0.2, 0.25) is 0 Å². The highest BCUT2D eigenvalue weighted by molar-refractivity contribution is 5.92. The maximum absolute atomic E-state index is 13.7. The zero-order valence-electron chi connectivity index (χ0n) is 22.0. The van der Waals surface area contributed by atoms with Crippen LogP contribution in [0, 0.1) is 19.7 Å². The molecule has 8 nitrogen and oxygen atoms in total. The summed E-state index contributed by atoms with van der Waals surface area (Å²) in [5.74, 6) is 1.43. The number of carbonyl (C=O) groups excluding carboxylic acids is 1. The lowest BCUT2D eigenvalue weighted by molar-refractivity contribution is 0.0735. The third kappa shape index (κ3) is 4.99. The minimum atomic E-state index is -0.305. The molecule has 0 spiro atoms. The molecule has 5 aromatic rings. The van der Waals surface area contributed by atoms with Crippen molar-refractivity contribution in [3.8, 4) is 5.69 Å². The monoisotopic (exact) mass is 524 g/mol. The molecule has 198 valence electrons. The minimum absolute atomic E-state index is 0.102. The molecule has 0 unspecified atom stereocenters. The molecular formula is C30H29FN6O2. The fraction of sp³-hybridized carbons (Fsp3) is 0.267. The molecule has 2 aromatic carbocycles. The van der Waals surface area contributed by atoms with Crippen molar-refractivity contribution in [2.45, 2.75) is 26.7 Å². The highest BCUT2D eigenvalue weighted by atomic mass is 19.1. The number of hydrogen-bond acceptors (Lipinski definition) is 6. The van der Waals surface area contributed by atoms with Crippen molar-refractivity contribution in [1.29, 1.82) is 0 Å². The van der Waals surface area contributed by atoms with Gasteiger partial charge in [-0.2, -0.15) is 5.10 Å². The van der Waals surface area contributed by atoms with Gasteiger partial charge in [-0.1, -0.05) is 29.8 Å². The maximum atomic E-state index is 13.7. The average Bonchev–Trinajstić information content (AvgIpc) is 3.51. The number of hydrogen-bond donors (Lipinski definition) is 0. The molecule has 4 heterocycles. The average molecular weight is 525 g/mol. The molecule has 0 aliphatic carbocycles. The van der Waals surface area contributed by atoms with Gasteiger partial charge >= 0.3 is 0 Å². The predicted octanol–water partition coefficient (Wildman–Crippen LogP) is 5.11. The Bertz CT molecular complexity index is 1610. The summed E-state index contributed by atoms with van der Waals surface area (Å²) in [6.07, 6.45) is 2.87. The largest absolute Gasteiger partial charge is 0.459 e. The van der Waals surface area contributed by atoms with Crippen LogP contribution in [0.25, 0.3) is 16.7 Å². The number of amides is 1. The molecule has 9 heteroatoms. The Morgan fingerprint density at radius 2 is 1.74 bits per heavy atom. The Morgan fingerprint density at radius 3 is 2.49 bits per heavy atom. The van der Waals surface area contributed by atoms with Gasteiger partial charge < -0.3 is 14.2 Å². The molecule has 39 heavy (non-hydrogen) atoms. The first-order valence-electron chi connectivity index (χ1n) is 13.1. The Balaban J connectivity index is 1.40. The third-order valence-electron chi connectivity index (χ3n) is 7.10. The van der Waals surface area contributed by atoms with Crippen LogP contribution in [-0.2, 0) is 6.42 Å². The van der Waals surface area contributed by atoms with Crippen molar-refractivity contribution in [1.82, 2.24) is 24.6 Å². The molecule has 0 atom stereocenters. The van der Waals surface area contributed by atoms with E-state index in [1.807, 2.05) is 11.8 Å². The second kappa shape index (κ2) is 10.3. The molecule has 1 amide bonds. The minimum Gasteiger partial charge on any atom is -0.459 e. The van der Waals surface area contributed by atoms with E-state index in [9.17, 15) is 9.18 Å². The summed E-state index contributed by atoms with van der Waals surface area (Å²) in [7, 11) is 0. The number of rotatable bonds is 5. The summed E-state index contributed by atoms with van der Waals surface area (Å²) in [6.45, 7) is 6.54. The van der Waals surface area contributed by atoms with E-state index in [0.717, 1.165) is 41.1 Å². The number of fused-ring (bicyclic) bond motifs is 1. The zero-order chi connectivity index (χ0) is 26.9. The lowest BCUT2D eigenvalue weighted by atomic mass is 10.1. The van der Waals surface area contributed by atoms with E-state index >= 15 is 0 Å². The summed E-state index contributed by atoms with van der Waals surface area (Å²) in [5.41, 5.74) is 4.50. The van der Waals surface area contributed by atoms with Crippen molar-refractivity contribution < 1.29 is 13.6 Å². The lowest BCUT2D eigenvalue weighted by Gasteiger charge is -2.23. The van der Waals surface area contributed by atoms with Crippen molar-refractivity contribution in [3.05, 3.63) is 101 Å². The van der Waals surface area contributed by atoms with Crippen LogP contribution in [-0.4, -0.2) is 56.7 Å². The molecule has 3 aromatic heterocycles. The third-order valence-corrected chi connectivity index (χ3v) is 7.10. The van der Waals surface area contributed by atoms with Gasteiger partial charge in [-0.25, -0.2) is 19.0 Å². The van der Waals surface area contributed by atoms with Crippen molar-refractivity contribution in [2.24, 2.45) is 0 Å². The van der Waals surface area contributed by atoms with Crippen molar-refractivity contribution in [3.63, 3.8) is 0 Å². The number of furan rings is 1. The van der Waals surface area contributed by atoms with Gasteiger partial charge in [-0.15, -0.1) is 0 Å². The summed E-state index contributed by atoms with van der Waals surface area (Å²) in [6, 6.07) is 18.0. The number of halogens is 1. The second-order valence-corrected chi connectivity index (χ2v) is 9.91. The van der Waals surface area contributed by atoms with E-state index in [4.69, 9.17) is 19.5 Å². The fourth-order valence-corrected chi connectivity index (χ4v) is 5.05. The highest BCUT2D eigenvalue weighted by Gasteiger charge is 2.26. The zero-order valence-corrected chi connectivity index (χ0v) is 22.0. The highest BCUT2D eigenvalue weighted by Crippen LogP contribution is 2.30. The van der Waals surface area contributed by atoms with Crippen LogP contribution in [0.2, 0.25) is 0 Å². The van der Waals surface area contributed by atoms with Crippen LogP contribution >= 0.6 is 0 Å². The number of carbonyl (C=O) groups is 1. The molecule has 0 saturated carbocycles. The summed E-state index contributed by atoms with van der Waals surface area (Å²) in [4.78, 5) is 27.0. The van der Waals surface area contributed by atoms with Gasteiger partial charge in [0.25, 0.3) is 5.91 Å². The van der Waals surface area contributed by atoms with E-state index in [2.05, 4.69) is 36.1 Å². The maximum Gasteiger partial charge on any atom is 0.289 e. The molecule has 6 rings (SSSR count). The number of nitrogens with zero attached hydrogens (tertiary/aromatic N) is 6. The molecule has 1 fully saturated rings. The smallest absolute Gasteiger partial charge is 0.289 e. The fourth-order valence-electron chi connectivity index (χ4n) is 5.05. The van der Waals surface area contributed by atoms with Gasteiger partial charge in [0.1, 0.15) is 17.5 Å². The quantitative estimate of drug-likeness (QED) is 0.318. The van der Waals surface area contributed by atoms with Crippen LogP contribution in [0.1, 0.15) is 39.6 Å². The van der Waals surface area contributed by atoms with Crippen molar-refractivity contribution >= 4 is 22.8 Å². The van der Waals surface area contributed by atoms with Gasteiger partial charge in [0, 0.05) is 32.6 Å². The molecule has 1 saturated heterocycles. The standard InChI is InChI=1S/C30H29FN6O2/c1-20-6-8-22(9-7-20)19-26-32-28(35-14-4-15-36(17-16-35)30(38)25-5-3-18-39-25)27-21(2)34-37(29(27)33-26)24-12-10-23(31)11-13-24/h3,5-13,18H,4,14-17,19H2,1-2H3. The van der Waals surface area contributed by atoms with E-state index in [1.165, 1.54) is 24.0 Å². The van der Waals surface area contributed by atoms with Crippen molar-refractivity contribution in [2.75, 3.05) is 31.1 Å². The van der Waals surface area contributed by atoms with Crippen LogP contribution in [0.5, 0.6) is 0 Å². The van der Waals surface area contributed by atoms with Gasteiger partial charge in [0.15, 0.2) is 11.4 Å². The number of aromatic nitrogens is 4. The van der Waals surface area contributed by atoms with Gasteiger partial charge in [-0.3, -0.25) is 4.79 Å². The molecule has 1 aliphatic heterocycles. The van der Waals surface area contributed by atoms with Crippen LogP contribution in [0.15, 0.2) is 71.3 Å². The lowest BCUT2D eigenvalue weighted by Crippen LogP contribution is -2.35. The molecule has 0 bridgehead atoms. The van der Waals surface area contributed by atoms with E-state index in [1.54, 1.807) is 28.9 Å². The summed E-state index contributed by atoms with van der Waals surface area (Å²) >= 11 is 0. The molecule has 1 aliphatic rings. The predicted molar refractivity (Wildman–Crippen MR) is 147 cm³/mol. The van der Waals surface area contributed by atoms with E-state index in [0.29, 0.717) is 43.3 Å². The normalized spacial score (nSPS) is 14.1. The Labute approximate surface area is 225 Å². The number of aryl methyl sites for hydroxylation is 2. The van der Waals surface area contributed by atoms with Crippen LogP contribution in [0.3, 0.4) is 0 Å². The topological polar surface area (TPSA) is 80.3 Å². The Kier molecular flexibility index (Phi) is 6.56. The van der Waals surface area contributed by atoms with Crippen LogP contribution < -0.4 is 4.90 Å². The van der Waals surface area contributed by atoms with Crippen LogP contribution in [0.4, 0.5) is 10.2 Å². The summed E-state index contributed by atoms with van der Waals surface area (Å²) < 4.78 is 20.8. The molecule has 0 radical (unpaired) electrons. The van der Waals surface area contributed by atoms with E-state index < -0.39 is 0 Å². The SMILES string of the molecule is Cc1ccc(Cc2nc(N3CCCN(C(=O)c4ccco4)CC3)c3c(C)nn(-c4ccc(F)cc4)c3n2)cc1.